The summed E-state index contributed by atoms with van der Waals surface area (Å²) in [7, 11) is 0. The van der Waals surface area contributed by atoms with Crippen molar-refractivity contribution in [1.82, 2.24) is 14.7 Å². The second kappa shape index (κ2) is 6.21. The van der Waals surface area contributed by atoms with Crippen molar-refractivity contribution in [3.63, 3.8) is 0 Å². The van der Waals surface area contributed by atoms with E-state index in [4.69, 9.17) is 0 Å². The molecule has 1 aromatic carbocycles. The number of benzene rings is 1. The van der Waals surface area contributed by atoms with E-state index in [9.17, 15) is 9.90 Å². The number of nitrogens with zero attached hydrogens (tertiary/aromatic N) is 3. The van der Waals surface area contributed by atoms with Crippen LogP contribution in [-0.2, 0) is 0 Å². The smallest absolute Gasteiger partial charge is 0.255 e. The Morgan fingerprint density at radius 3 is 2.77 bits per heavy atom. The van der Waals surface area contributed by atoms with Gasteiger partial charge in [0.25, 0.3) is 5.91 Å². The first kappa shape index (κ1) is 16.0. The number of thiophene rings is 1. The number of carbonyl (C=O) groups excluding carboxylic acids is 1. The molecule has 0 bridgehead atoms. The fraction of sp³-hybridized carbons (Fsp3) is 0.400. The van der Waals surface area contributed by atoms with Crippen molar-refractivity contribution in [2.24, 2.45) is 11.8 Å². The lowest BCUT2D eigenvalue weighted by atomic mass is 9.77. The number of fused-ring (bicyclic) bond motifs is 2. The summed E-state index contributed by atoms with van der Waals surface area (Å²) in [6.07, 6.45) is 4.90. The lowest BCUT2D eigenvalue weighted by Crippen LogP contribution is -2.36. The Kier molecular flexibility index (Phi) is 3.83. The minimum atomic E-state index is -0.395. The first-order chi connectivity index (χ1) is 12.7. The molecule has 5 nitrogen and oxygen atoms in total. The third kappa shape index (κ3) is 2.56. The van der Waals surface area contributed by atoms with Gasteiger partial charge in [0, 0.05) is 40.9 Å². The van der Waals surface area contributed by atoms with Gasteiger partial charge in [-0.25, -0.2) is 0 Å². The fourth-order valence-corrected chi connectivity index (χ4v) is 5.58. The summed E-state index contributed by atoms with van der Waals surface area (Å²) < 4.78 is 3.03. The number of likely N-dealkylation sites (tertiary alicyclic amines) is 1. The number of carbonyl (C=O) groups is 1. The van der Waals surface area contributed by atoms with E-state index in [0.717, 1.165) is 41.6 Å². The van der Waals surface area contributed by atoms with Crippen LogP contribution in [0.15, 0.2) is 48.1 Å². The van der Waals surface area contributed by atoms with Gasteiger partial charge < -0.3 is 10.0 Å². The van der Waals surface area contributed by atoms with Gasteiger partial charge in [-0.3, -0.25) is 9.48 Å². The molecule has 134 valence electrons. The predicted octanol–water partition coefficient (Wildman–Crippen LogP) is 3.18. The van der Waals surface area contributed by atoms with E-state index >= 15 is 0 Å². The highest BCUT2D eigenvalue weighted by molar-refractivity contribution is 7.17. The second-order valence-corrected chi connectivity index (χ2v) is 8.38. The normalized spacial score (nSPS) is 28.4. The molecule has 0 spiro atoms. The molecule has 5 rings (SSSR count). The molecule has 3 heterocycles. The van der Waals surface area contributed by atoms with Gasteiger partial charge in [-0.15, -0.1) is 11.3 Å². The first-order valence-electron chi connectivity index (χ1n) is 9.13. The van der Waals surface area contributed by atoms with Crippen molar-refractivity contribution in [2.45, 2.75) is 25.0 Å². The second-order valence-electron chi connectivity index (χ2n) is 7.47. The lowest BCUT2D eigenvalue weighted by Gasteiger charge is -2.35. The highest BCUT2D eigenvalue weighted by Crippen LogP contribution is 2.41. The van der Waals surface area contributed by atoms with Crippen LogP contribution in [0.4, 0.5) is 0 Å². The van der Waals surface area contributed by atoms with Crippen LogP contribution in [0.3, 0.4) is 0 Å². The summed E-state index contributed by atoms with van der Waals surface area (Å²) in [5.41, 5.74) is 0.813. The zero-order chi connectivity index (χ0) is 17.7. The molecule has 1 aliphatic heterocycles. The number of amides is 1. The zero-order valence-corrected chi connectivity index (χ0v) is 15.2. The lowest BCUT2D eigenvalue weighted by molar-refractivity contribution is 0.0306. The Morgan fingerprint density at radius 1 is 1.15 bits per heavy atom. The molecule has 6 heteroatoms. The van der Waals surface area contributed by atoms with Crippen LogP contribution in [-0.4, -0.2) is 44.9 Å². The molecule has 0 radical (unpaired) electrons. The highest BCUT2D eigenvalue weighted by atomic mass is 32.1. The third-order valence-corrected chi connectivity index (χ3v) is 6.94. The monoisotopic (exact) mass is 367 g/mol. The summed E-state index contributed by atoms with van der Waals surface area (Å²) >= 11 is 1.63. The number of hydrogen-bond donors (Lipinski definition) is 1. The fourth-order valence-electron chi connectivity index (χ4n) is 4.65. The Morgan fingerprint density at radius 2 is 1.96 bits per heavy atom. The van der Waals surface area contributed by atoms with Crippen LogP contribution in [0.25, 0.3) is 10.1 Å². The molecule has 26 heavy (non-hydrogen) atoms. The first-order valence-corrected chi connectivity index (χ1v) is 10.0. The van der Waals surface area contributed by atoms with Crippen LogP contribution < -0.4 is 0 Å². The molecule has 1 amide bonds. The quantitative estimate of drug-likeness (QED) is 0.757. The zero-order valence-electron chi connectivity index (χ0n) is 14.4. The van der Waals surface area contributed by atoms with Crippen molar-refractivity contribution in [3.8, 4) is 0 Å². The number of aliphatic hydroxyl groups excluding tert-OH is 1. The molecule has 1 N–H and O–H groups in total. The standard InChI is InChI=1S/C20H21N3O2S/c24-18-9-14-11-22(10-13(14)8-17(18)23-7-3-6-21-23)20(25)16-12-26-19-5-2-1-4-15(16)19/h1-7,12-14,17-18,24H,8-11H2/t13-,14+,17-,18-/m1/s1. The molecule has 3 aromatic rings. The van der Waals surface area contributed by atoms with E-state index in [1.54, 1.807) is 17.5 Å². The molecular formula is C20H21N3O2S. The van der Waals surface area contributed by atoms with Crippen molar-refractivity contribution >= 4 is 27.3 Å². The van der Waals surface area contributed by atoms with Crippen molar-refractivity contribution in [3.05, 3.63) is 53.7 Å². The third-order valence-electron chi connectivity index (χ3n) is 5.97. The molecular weight excluding hydrogens is 346 g/mol. The van der Waals surface area contributed by atoms with E-state index in [1.165, 1.54) is 0 Å². The van der Waals surface area contributed by atoms with Crippen molar-refractivity contribution in [2.75, 3.05) is 13.1 Å². The number of aromatic nitrogens is 2. The maximum absolute atomic E-state index is 13.1. The number of rotatable bonds is 2. The summed E-state index contributed by atoms with van der Waals surface area (Å²) in [6.45, 7) is 1.52. The Hall–Kier alpha value is -2.18. The van der Waals surface area contributed by atoms with Crippen LogP contribution in [0.1, 0.15) is 29.2 Å². The largest absolute Gasteiger partial charge is 0.391 e. The molecule has 4 atom stereocenters. The molecule has 0 unspecified atom stereocenters. The van der Waals surface area contributed by atoms with Crippen LogP contribution in [0.2, 0.25) is 0 Å². The maximum Gasteiger partial charge on any atom is 0.255 e. The Bertz CT molecular complexity index is 936. The Balaban J connectivity index is 1.36. The van der Waals surface area contributed by atoms with Crippen LogP contribution in [0.5, 0.6) is 0 Å². The molecule has 2 aliphatic rings. The molecule has 1 saturated carbocycles. The topological polar surface area (TPSA) is 58.4 Å². The van der Waals surface area contributed by atoms with E-state index in [-0.39, 0.29) is 11.9 Å². The summed E-state index contributed by atoms with van der Waals surface area (Å²) in [6, 6.07) is 9.99. The summed E-state index contributed by atoms with van der Waals surface area (Å²) in [5, 5.41) is 17.9. The van der Waals surface area contributed by atoms with Gasteiger partial charge in [0.15, 0.2) is 0 Å². The van der Waals surface area contributed by atoms with E-state index < -0.39 is 6.10 Å². The van der Waals surface area contributed by atoms with Crippen LogP contribution in [0, 0.1) is 11.8 Å². The van der Waals surface area contributed by atoms with Gasteiger partial charge in [-0.1, -0.05) is 18.2 Å². The SMILES string of the molecule is O=C(c1csc2ccccc12)N1C[C@H]2C[C@@H](n3cccn3)[C@H](O)C[C@H]2C1. The number of hydrogen-bond acceptors (Lipinski definition) is 4. The van der Waals surface area contributed by atoms with E-state index in [2.05, 4.69) is 11.2 Å². The van der Waals surface area contributed by atoms with Crippen molar-refractivity contribution in [1.29, 1.82) is 0 Å². The molecule has 1 saturated heterocycles. The minimum absolute atomic E-state index is 0.0169. The van der Waals surface area contributed by atoms with E-state index in [0.29, 0.717) is 11.8 Å². The number of aliphatic hydroxyl groups is 1. The van der Waals surface area contributed by atoms with Gasteiger partial charge >= 0.3 is 0 Å². The van der Waals surface area contributed by atoms with Gasteiger partial charge in [0.05, 0.1) is 17.7 Å². The van der Waals surface area contributed by atoms with Gasteiger partial charge in [-0.2, -0.15) is 5.10 Å². The Labute approximate surface area is 155 Å². The molecule has 2 aromatic heterocycles. The average Bonchev–Trinajstić information content (AvgIpc) is 3.39. The predicted molar refractivity (Wildman–Crippen MR) is 101 cm³/mol. The van der Waals surface area contributed by atoms with Gasteiger partial charge in [0.1, 0.15) is 0 Å². The van der Waals surface area contributed by atoms with E-state index in [1.807, 2.05) is 45.4 Å². The summed E-state index contributed by atoms with van der Waals surface area (Å²) in [4.78, 5) is 15.1. The van der Waals surface area contributed by atoms with Crippen LogP contribution >= 0.6 is 11.3 Å². The molecule has 1 aliphatic carbocycles. The molecule has 2 fully saturated rings. The van der Waals surface area contributed by atoms with Crippen molar-refractivity contribution < 1.29 is 9.90 Å². The average molecular weight is 367 g/mol. The van der Waals surface area contributed by atoms with Gasteiger partial charge in [0.2, 0.25) is 0 Å². The minimum Gasteiger partial charge on any atom is -0.391 e. The summed E-state index contributed by atoms with van der Waals surface area (Å²) in [5.74, 6) is 0.939. The highest BCUT2D eigenvalue weighted by Gasteiger charge is 2.44. The maximum atomic E-state index is 13.1. The van der Waals surface area contributed by atoms with Gasteiger partial charge in [-0.05, 0) is 36.8 Å².